The zero-order valence-electron chi connectivity index (χ0n) is 19.9. The van der Waals surface area contributed by atoms with Crippen molar-refractivity contribution in [2.45, 2.75) is 33.3 Å². The van der Waals surface area contributed by atoms with Crippen molar-refractivity contribution in [3.05, 3.63) is 51.5 Å². The normalized spacial score (nSPS) is 14.6. The van der Waals surface area contributed by atoms with E-state index in [2.05, 4.69) is 10.2 Å². The molecular weight excluding hydrogens is 478 g/mol. The summed E-state index contributed by atoms with van der Waals surface area (Å²) in [7, 11) is 0. The molecule has 1 aliphatic rings. The number of anilines is 1. The maximum atomic E-state index is 12.9. The Kier molecular flexibility index (Phi) is 8.93. The topological polar surface area (TPSA) is 90.0 Å². The van der Waals surface area contributed by atoms with Crippen LogP contribution in [0.3, 0.4) is 0 Å². The van der Waals surface area contributed by atoms with E-state index in [0.29, 0.717) is 47.5 Å². The molecule has 1 N–H and O–H groups in total. The summed E-state index contributed by atoms with van der Waals surface area (Å²) in [5.74, 6) is -0.436. The Bertz CT molecular complexity index is 1020. The standard InChI is InChI=1S/C24H30ClN3O5S/c1-5-32-21(29)20-19(27-22(34-20)28-12-14-31-15-13-28)18(16-6-8-17(25)9-7-16)10-11-26-23(30)33-24(2,3)4/h6-10H,5,11-15H2,1-4H3,(H,26,30)/b18-10-. The minimum Gasteiger partial charge on any atom is -0.462 e. The second-order valence-corrected chi connectivity index (χ2v) is 9.92. The van der Waals surface area contributed by atoms with E-state index in [4.69, 9.17) is 30.8 Å². The number of benzene rings is 1. The van der Waals surface area contributed by atoms with Gasteiger partial charge in [0.25, 0.3) is 0 Å². The summed E-state index contributed by atoms with van der Waals surface area (Å²) in [5.41, 5.74) is 1.39. The van der Waals surface area contributed by atoms with Gasteiger partial charge in [0.15, 0.2) is 5.13 Å². The van der Waals surface area contributed by atoms with Crippen molar-refractivity contribution in [2.75, 3.05) is 44.4 Å². The van der Waals surface area contributed by atoms with Crippen LogP contribution in [0.4, 0.5) is 9.93 Å². The number of amides is 1. The van der Waals surface area contributed by atoms with Crippen LogP contribution in [0.15, 0.2) is 30.3 Å². The summed E-state index contributed by atoms with van der Waals surface area (Å²) in [5, 5.41) is 4.05. The molecule has 1 fully saturated rings. The molecule has 0 atom stereocenters. The Balaban J connectivity index is 1.99. The van der Waals surface area contributed by atoms with Crippen LogP contribution < -0.4 is 10.2 Å². The van der Waals surface area contributed by atoms with E-state index in [9.17, 15) is 9.59 Å². The fourth-order valence-electron chi connectivity index (χ4n) is 3.25. The SMILES string of the molecule is CCOC(=O)c1sc(N2CCOCC2)nc1/C(=C\CNC(=O)OC(C)(C)C)c1ccc(Cl)cc1. The third-order valence-electron chi connectivity index (χ3n) is 4.72. The van der Waals surface area contributed by atoms with Crippen LogP contribution in [0.5, 0.6) is 0 Å². The molecule has 0 spiro atoms. The minimum absolute atomic E-state index is 0.180. The van der Waals surface area contributed by atoms with Crippen molar-refractivity contribution in [3.63, 3.8) is 0 Å². The van der Waals surface area contributed by atoms with Gasteiger partial charge in [-0.25, -0.2) is 14.6 Å². The highest BCUT2D eigenvalue weighted by Crippen LogP contribution is 2.35. The lowest BCUT2D eigenvalue weighted by Gasteiger charge is -2.26. The molecule has 10 heteroatoms. The van der Waals surface area contributed by atoms with Crippen molar-refractivity contribution in [1.29, 1.82) is 0 Å². The summed E-state index contributed by atoms with van der Waals surface area (Å²) in [6.07, 6.45) is 1.28. The van der Waals surface area contributed by atoms with Crippen LogP contribution in [-0.2, 0) is 14.2 Å². The Hall–Kier alpha value is -2.62. The first-order valence-corrected chi connectivity index (χ1v) is 12.3. The largest absolute Gasteiger partial charge is 0.462 e. The third kappa shape index (κ3) is 7.19. The van der Waals surface area contributed by atoms with Gasteiger partial charge in [0.2, 0.25) is 0 Å². The van der Waals surface area contributed by atoms with E-state index in [0.717, 1.165) is 10.7 Å². The fourth-order valence-corrected chi connectivity index (χ4v) is 4.40. The van der Waals surface area contributed by atoms with Gasteiger partial charge in [-0.05, 0) is 45.4 Å². The molecule has 1 aromatic heterocycles. The van der Waals surface area contributed by atoms with Gasteiger partial charge >= 0.3 is 12.1 Å². The summed E-state index contributed by atoms with van der Waals surface area (Å²) >= 11 is 7.39. The predicted octanol–water partition coefficient (Wildman–Crippen LogP) is 4.77. The van der Waals surface area contributed by atoms with Gasteiger partial charge in [0.05, 0.1) is 25.5 Å². The summed E-state index contributed by atoms with van der Waals surface area (Å²) in [4.78, 5) is 32.3. The molecule has 1 amide bonds. The van der Waals surface area contributed by atoms with Gasteiger partial charge in [0.1, 0.15) is 10.5 Å². The van der Waals surface area contributed by atoms with Crippen molar-refractivity contribution in [3.8, 4) is 0 Å². The first-order valence-electron chi connectivity index (χ1n) is 11.1. The van der Waals surface area contributed by atoms with E-state index >= 15 is 0 Å². The molecule has 0 radical (unpaired) electrons. The first-order chi connectivity index (χ1) is 16.2. The van der Waals surface area contributed by atoms with Crippen molar-refractivity contribution in [2.24, 2.45) is 0 Å². The van der Waals surface area contributed by atoms with E-state index in [-0.39, 0.29) is 13.2 Å². The monoisotopic (exact) mass is 507 g/mol. The van der Waals surface area contributed by atoms with E-state index < -0.39 is 17.7 Å². The minimum atomic E-state index is -0.605. The first kappa shape index (κ1) is 26.0. The number of carbonyl (C=O) groups is 2. The third-order valence-corrected chi connectivity index (χ3v) is 6.07. The molecule has 3 rings (SSSR count). The summed E-state index contributed by atoms with van der Waals surface area (Å²) in [6.45, 7) is 10.2. The number of hydrogen-bond donors (Lipinski definition) is 1. The molecule has 1 saturated heterocycles. The maximum Gasteiger partial charge on any atom is 0.407 e. The molecule has 184 valence electrons. The number of thiazole rings is 1. The number of halogens is 1. The molecule has 0 aliphatic carbocycles. The fraction of sp³-hybridized carbons (Fsp3) is 0.458. The zero-order chi connectivity index (χ0) is 24.7. The van der Waals surface area contributed by atoms with Crippen LogP contribution in [0.2, 0.25) is 5.02 Å². The number of carbonyl (C=O) groups excluding carboxylic acids is 2. The molecule has 8 nitrogen and oxygen atoms in total. The Morgan fingerprint density at radius 2 is 1.91 bits per heavy atom. The second kappa shape index (κ2) is 11.7. The molecule has 0 bridgehead atoms. The van der Waals surface area contributed by atoms with Gasteiger partial charge in [-0.3, -0.25) is 0 Å². The van der Waals surface area contributed by atoms with Gasteiger partial charge in [-0.2, -0.15) is 0 Å². The van der Waals surface area contributed by atoms with Crippen LogP contribution in [0.25, 0.3) is 5.57 Å². The Morgan fingerprint density at radius 1 is 1.24 bits per heavy atom. The number of aromatic nitrogens is 1. The number of alkyl carbamates (subject to hydrolysis) is 1. The zero-order valence-corrected chi connectivity index (χ0v) is 21.4. The van der Waals surface area contributed by atoms with Crippen LogP contribution in [0, 0.1) is 0 Å². The number of nitrogens with one attached hydrogen (secondary N) is 1. The number of rotatable bonds is 7. The Morgan fingerprint density at radius 3 is 2.53 bits per heavy atom. The van der Waals surface area contributed by atoms with Gasteiger partial charge in [-0.1, -0.05) is 41.1 Å². The molecule has 2 aromatic rings. The number of hydrogen-bond acceptors (Lipinski definition) is 8. The second-order valence-electron chi connectivity index (χ2n) is 8.50. The quantitative estimate of drug-likeness (QED) is 0.540. The summed E-state index contributed by atoms with van der Waals surface area (Å²) < 4.78 is 16.1. The van der Waals surface area contributed by atoms with Crippen molar-refractivity contribution >= 4 is 45.7 Å². The lowest BCUT2D eigenvalue weighted by Crippen LogP contribution is -2.36. The number of ether oxygens (including phenoxy) is 3. The van der Waals surface area contributed by atoms with Crippen molar-refractivity contribution < 1.29 is 23.8 Å². The summed E-state index contributed by atoms with van der Waals surface area (Å²) in [6, 6.07) is 7.24. The van der Waals surface area contributed by atoms with Crippen molar-refractivity contribution in [1.82, 2.24) is 10.3 Å². The van der Waals surface area contributed by atoms with Crippen LogP contribution in [-0.4, -0.2) is 62.1 Å². The average molecular weight is 508 g/mol. The number of esters is 1. The molecule has 1 aliphatic heterocycles. The maximum absolute atomic E-state index is 12.9. The predicted molar refractivity (Wildman–Crippen MR) is 134 cm³/mol. The van der Waals surface area contributed by atoms with Gasteiger partial charge in [0, 0.05) is 30.2 Å². The molecule has 0 unspecified atom stereocenters. The molecular formula is C24H30ClN3O5S. The number of morpholine rings is 1. The van der Waals surface area contributed by atoms with E-state index in [1.807, 2.05) is 18.2 Å². The average Bonchev–Trinajstić information content (AvgIpc) is 3.22. The van der Waals surface area contributed by atoms with E-state index in [1.165, 1.54) is 11.3 Å². The highest BCUT2D eigenvalue weighted by atomic mass is 35.5. The smallest absolute Gasteiger partial charge is 0.407 e. The van der Waals surface area contributed by atoms with Crippen LogP contribution >= 0.6 is 22.9 Å². The molecule has 34 heavy (non-hydrogen) atoms. The van der Waals surface area contributed by atoms with E-state index in [1.54, 1.807) is 39.8 Å². The van der Waals surface area contributed by atoms with Gasteiger partial charge in [-0.15, -0.1) is 0 Å². The van der Waals surface area contributed by atoms with Crippen LogP contribution in [0.1, 0.15) is 48.6 Å². The number of nitrogens with zero attached hydrogens (tertiary/aromatic N) is 2. The highest BCUT2D eigenvalue weighted by molar-refractivity contribution is 7.17. The highest BCUT2D eigenvalue weighted by Gasteiger charge is 2.26. The molecule has 0 saturated carbocycles. The lowest BCUT2D eigenvalue weighted by molar-refractivity contribution is 0.0521. The lowest BCUT2D eigenvalue weighted by atomic mass is 10.0. The van der Waals surface area contributed by atoms with Gasteiger partial charge < -0.3 is 24.4 Å². The Labute approximate surface area is 208 Å². The molecule has 1 aromatic carbocycles. The molecule has 2 heterocycles.